The number of aliphatic hydroxyl groups is 1. The summed E-state index contributed by atoms with van der Waals surface area (Å²) in [7, 11) is 0. The summed E-state index contributed by atoms with van der Waals surface area (Å²) in [5, 5.41) is 12.8. The first-order chi connectivity index (χ1) is 17.7. The monoisotopic (exact) mass is 632 g/mol. The Bertz CT molecular complexity index is 1570. The second kappa shape index (κ2) is 9.24. The van der Waals surface area contributed by atoms with Crippen LogP contribution in [0.25, 0.3) is 16.7 Å². The standard InChI is InChI=1S/C33H27Br2ClO/c1-32(2)26-11-5-3-10-23(26)25-17-30(35)24(16-28(25)32)21-15-20(22-9-4-7-13-29(22)34)18-33(37,19-21)27-12-6-8-14-31(27)36/h3-14,16-18,21,37H,15,19H2,1-2H3. The zero-order valence-electron chi connectivity index (χ0n) is 20.7. The molecule has 0 spiro atoms. The molecular formula is C33H27Br2ClO. The molecule has 0 radical (unpaired) electrons. The second-order valence-corrected chi connectivity index (χ2v) is 12.9. The van der Waals surface area contributed by atoms with Gasteiger partial charge in [0.05, 0.1) is 0 Å². The topological polar surface area (TPSA) is 20.2 Å². The first kappa shape index (κ1) is 25.1. The van der Waals surface area contributed by atoms with Gasteiger partial charge in [0, 0.05) is 24.9 Å². The molecule has 0 fully saturated rings. The fraction of sp³-hybridized carbons (Fsp3) is 0.212. The van der Waals surface area contributed by atoms with E-state index in [4.69, 9.17) is 11.6 Å². The average Bonchev–Trinajstić information content (AvgIpc) is 3.10. The number of hydrogen-bond donors (Lipinski definition) is 1. The summed E-state index contributed by atoms with van der Waals surface area (Å²) in [6.45, 7) is 4.62. The Balaban J connectivity index is 1.51. The van der Waals surface area contributed by atoms with Crippen molar-refractivity contribution in [2.75, 3.05) is 0 Å². The Morgan fingerprint density at radius 2 is 1.41 bits per heavy atom. The lowest BCUT2D eigenvalue weighted by Crippen LogP contribution is -2.30. The molecule has 186 valence electrons. The average molecular weight is 635 g/mol. The van der Waals surface area contributed by atoms with Crippen molar-refractivity contribution in [3.05, 3.63) is 133 Å². The lowest BCUT2D eigenvalue weighted by Gasteiger charge is -2.37. The molecule has 4 heteroatoms. The van der Waals surface area contributed by atoms with Crippen LogP contribution in [0.1, 0.15) is 60.4 Å². The zero-order chi connectivity index (χ0) is 25.9. The number of hydrogen-bond acceptors (Lipinski definition) is 1. The molecular weight excluding hydrogens is 608 g/mol. The summed E-state index contributed by atoms with van der Waals surface area (Å²) in [4.78, 5) is 0. The number of fused-ring (bicyclic) bond motifs is 3. The van der Waals surface area contributed by atoms with Crippen LogP contribution >= 0.6 is 43.5 Å². The van der Waals surface area contributed by atoms with Gasteiger partial charge in [-0.05, 0) is 82.0 Å². The fourth-order valence-electron chi connectivity index (χ4n) is 6.30. The summed E-state index contributed by atoms with van der Waals surface area (Å²) >= 11 is 14.3. The van der Waals surface area contributed by atoms with Crippen molar-refractivity contribution in [3.8, 4) is 11.1 Å². The summed E-state index contributed by atoms with van der Waals surface area (Å²) in [6.07, 6.45) is 3.39. The molecule has 0 saturated carbocycles. The SMILES string of the molecule is CC1(C)c2ccccc2-c2cc(Br)c(C3CC(c4ccccc4Br)=CC(O)(c4ccccc4Cl)C3)cc21. The Kier molecular flexibility index (Phi) is 6.27. The van der Waals surface area contributed by atoms with Crippen molar-refractivity contribution in [3.63, 3.8) is 0 Å². The Labute approximate surface area is 240 Å². The lowest BCUT2D eigenvalue weighted by atomic mass is 9.71. The van der Waals surface area contributed by atoms with E-state index in [9.17, 15) is 5.11 Å². The van der Waals surface area contributed by atoms with Gasteiger partial charge >= 0.3 is 0 Å². The van der Waals surface area contributed by atoms with E-state index in [0.717, 1.165) is 32.1 Å². The van der Waals surface area contributed by atoms with Crippen molar-refractivity contribution >= 4 is 49.0 Å². The van der Waals surface area contributed by atoms with E-state index >= 15 is 0 Å². The molecule has 0 aromatic heterocycles. The summed E-state index contributed by atoms with van der Waals surface area (Å²) in [6, 6.07) is 29.2. The van der Waals surface area contributed by atoms with Gasteiger partial charge in [0.1, 0.15) is 5.60 Å². The molecule has 0 aliphatic heterocycles. The molecule has 37 heavy (non-hydrogen) atoms. The van der Waals surface area contributed by atoms with Crippen LogP contribution in [0.2, 0.25) is 5.02 Å². The summed E-state index contributed by atoms with van der Waals surface area (Å²) in [5.41, 5.74) is 8.19. The maximum absolute atomic E-state index is 12.2. The lowest BCUT2D eigenvalue weighted by molar-refractivity contribution is 0.0672. The largest absolute Gasteiger partial charge is 0.381 e. The van der Waals surface area contributed by atoms with Gasteiger partial charge in [0.2, 0.25) is 0 Å². The third kappa shape index (κ3) is 4.15. The third-order valence-corrected chi connectivity index (χ3v) is 9.85. The molecule has 2 atom stereocenters. The molecule has 6 rings (SSSR count). The number of rotatable bonds is 3. The number of benzene rings is 4. The van der Waals surface area contributed by atoms with Gasteiger partial charge in [0.15, 0.2) is 0 Å². The van der Waals surface area contributed by atoms with E-state index in [2.05, 4.69) is 94.2 Å². The van der Waals surface area contributed by atoms with Crippen LogP contribution < -0.4 is 0 Å². The first-order valence-electron chi connectivity index (χ1n) is 12.6. The minimum absolute atomic E-state index is 0.0871. The van der Waals surface area contributed by atoms with Crippen molar-refractivity contribution in [2.24, 2.45) is 0 Å². The summed E-state index contributed by atoms with van der Waals surface area (Å²) < 4.78 is 2.10. The Morgan fingerprint density at radius 3 is 2.14 bits per heavy atom. The van der Waals surface area contributed by atoms with Crippen LogP contribution in [-0.2, 0) is 11.0 Å². The van der Waals surface area contributed by atoms with Crippen molar-refractivity contribution in [2.45, 2.75) is 43.6 Å². The van der Waals surface area contributed by atoms with Crippen LogP contribution in [0, 0.1) is 0 Å². The van der Waals surface area contributed by atoms with Crippen LogP contribution in [-0.4, -0.2) is 5.11 Å². The third-order valence-electron chi connectivity index (χ3n) is 8.14. The van der Waals surface area contributed by atoms with E-state index in [1.165, 1.54) is 27.8 Å². The van der Waals surface area contributed by atoms with E-state index in [-0.39, 0.29) is 11.3 Å². The number of allylic oxidation sites excluding steroid dienone is 1. The highest BCUT2D eigenvalue weighted by molar-refractivity contribution is 9.10. The molecule has 1 nitrogen and oxygen atoms in total. The predicted octanol–water partition coefficient (Wildman–Crippen LogP) is 10.0. The smallest absolute Gasteiger partial charge is 0.110 e. The van der Waals surface area contributed by atoms with Gasteiger partial charge in [-0.3, -0.25) is 0 Å². The minimum Gasteiger partial charge on any atom is -0.381 e. The van der Waals surface area contributed by atoms with Gasteiger partial charge in [-0.15, -0.1) is 0 Å². The van der Waals surface area contributed by atoms with E-state index in [1.54, 1.807) is 0 Å². The maximum Gasteiger partial charge on any atom is 0.110 e. The Morgan fingerprint density at radius 1 is 0.757 bits per heavy atom. The quantitative estimate of drug-likeness (QED) is 0.238. The van der Waals surface area contributed by atoms with E-state index in [1.807, 2.05) is 42.5 Å². The number of halogens is 3. The first-order valence-corrected chi connectivity index (χ1v) is 14.5. The molecule has 4 aromatic rings. The van der Waals surface area contributed by atoms with Crippen LogP contribution in [0.4, 0.5) is 0 Å². The van der Waals surface area contributed by atoms with Gasteiger partial charge in [-0.1, -0.05) is 124 Å². The van der Waals surface area contributed by atoms with Crippen molar-refractivity contribution in [1.29, 1.82) is 0 Å². The summed E-state index contributed by atoms with van der Waals surface area (Å²) in [5.74, 6) is 0.0903. The van der Waals surface area contributed by atoms with E-state index in [0.29, 0.717) is 11.4 Å². The van der Waals surface area contributed by atoms with Crippen LogP contribution in [0.5, 0.6) is 0 Å². The van der Waals surface area contributed by atoms with Gasteiger partial charge < -0.3 is 5.11 Å². The molecule has 0 saturated heterocycles. The van der Waals surface area contributed by atoms with Gasteiger partial charge in [0.25, 0.3) is 0 Å². The van der Waals surface area contributed by atoms with E-state index < -0.39 is 5.60 Å². The van der Waals surface area contributed by atoms with Crippen LogP contribution in [0.15, 0.2) is 100.0 Å². The van der Waals surface area contributed by atoms with Crippen molar-refractivity contribution in [1.82, 2.24) is 0 Å². The van der Waals surface area contributed by atoms with Crippen LogP contribution in [0.3, 0.4) is 0 Å². The normalized spacial score (nSPS) is 21.8. The molecule has 0 bridgehead atoms. The molecule has 2 unspecified atom stereocenters. The molecule has 2 aliphatic rings. The Hall–Kier alpha value is -2.17. The second-order valence-electron chi connectivity index (χ2n) is 10.7. The highest BCUT2D eigenvalue weighted by Crippen LogP contribution is 2.54. The van der Waals surface area contributed by atoms with Crippen molar-refractivity contribution < 1.29 is 5.11 Å². The minimum atomic E-state index is -1.19. The predicted molar refractivity (Wildman–Crippen MR) is 161 cm³/mol. The highest BCUT2D eigenvalue weighted by Gasteiger charge is 2.40. The highest BCUT2D eigenvalue weighted by atomic mass is 79.9. The molecule has 2 aliphatic carbocycles. The maximum atomic E-state index is 12.2. The van der Waals surface area contributed by atoms with Gasteiger partial charge in [-0.2, -0.15) is 0 Å². The molecule has 0 amide bonds. The molecule has 4 aromatic carbocycles. The van der Waals surface area contributed by atoms with Gasteiger partial charge in [-0.25, -0.2) is 0 Å². The molecule has 1 N–H and O–H groups in total. The molecule has 0 heterocycles. The fourth-order valence-corrected chi connectivity index (χ4v) is 7.81. The zero-order valence-corrected chi connectivity index (χ0v) is 24.7.